The minimum Gasteiger partial charge on any atom is -0.455 e. The zero-order chi connectivity index (χ0) is 15.7. The first-order valence-electron chi connectivity index (χ1n) is 8.29. The van der Waals surface area contributed by atoms with Crippen LogP contribution in [0.25, 0.3) is 0 Å². The average Bonchev–Trinajstić information content (AvgIpc) is 2.72. The minimum absolute atomic E-state index is 0.0577. The first kappa shape index (κ1) is 15.3. The summed E-state index contributed by atoms with van der Waals surface area (Å²) < 4.78 is 5.79. The predicted molar refractivity (Wildman–Crippen MR) is 83.3 cm³/mol. The average molecular weight is 304 g/mol. The first-order valence-corrected chi connectivity index (χ1v) is 8.29. The fourth-order valence-electron chi connectivity index (χ4n) is 3.49. The molecule has 0 saturated carbocycles. The maximum Gasteiger partial charge on any atom is 0.289 e. The lowest BCUT2D eigenvalue weighted by Gasteiger charge is -2.20. The summed E-state index contributed by atoms with van der Waals surface area (Å²) in [5, 5.41) is 0. The molecule has 22 heavy (non-hydrogen) atoms. The van der Waals surface area contributed by atoms with E-state index in [4.69, 9.17) is 4.42 Å². The molecule has 1 aliphatic heterocycles. The number of nitrogens with zero attached hydrogens (tertiary/aromatic N) is 2. The SMILES string of the molecule is CCN1CCCN(C(=O)c2oc3c(c2C)C(=O)CCC3)CC1. The fourth-order valence-corrected chi connectivity index (χ4v) is 3.49. The van der Waals surface area contributed by atoms with Gasteiger partial charge < -0.3 is 14.2 Å². The summed E-state index contributed by atoms with van der Waals surface area (Å²) in [7, 11) is 0. The van der Waals surface area contributed by atoms with E-state index in [1.165, 1.54) is 0 Å². The van der Waals surface area contributed by atoms with Gasteiger partial charge in [-0.1, -0.05) is 6.92 Å². The van der Waals surface area contributed by atoms with E-state index in [9.17, 15) is 9.59 Å². The Hall–Kier alpha value is -1.62. The van der Waals surface area contributed by atoms with E-state index in [1.54, 1.807) is 0 Å². The summed E-state index contributed by atoms with van der Waals surface area (Å²) in [6.07, 6.45) is 3.13. The molecule has 1 amide bonds. The van der Waals surface area contributed by atoms with E-state index < -0.39 is 0 Å². The Kier molecular flexibility index (Phi) is 4.34. The number of fused-ring (bicyclic) bond motifs is 1. The second kappa shape index (κ2) is 6.24. The molecule has 1 aromatic rings. The minimum atomic E-state index is -0.0577. The van der Waals surface area contributed by atoms with Crippen LogP contribution in [0.3, 0.4) is 0 Å². The van der Waals surface area contributed by atoms with Crippen molar-refractivity contribution in [3.8, 4) is 0 Å². The van der Waals surface area contributed by atoms with E-state index in [2.05, 4.69) is 11.8 Å². The Morgan fingerprint density at radius 2 is 1.95 bits per heavy atom. The summed E-state index contributed by atoms with van der Waals surface area (Å²) in [4.78, 5) is 29.1. The number of ketones is 1. The zero-order valence-corrected chi connectivity index (χ0v) is 13.5. The molecule has 0 spiro atoms. The van der Waals surface area contributed by atoms with E-state index in [1.807, 2.05) is 11.8 Å². The topological polar surface area (TPSA) is 53.8 Å². The molecule has 0 unspecified atom stereocenters. The van der Waals surface area contributed by atoms with Crippen LogP contribution in [0.1, 0.15) is 58.4 Å². The maximum atomic E-state index is 12.8. The van der Waals surface area contributed by atoms with Gasteiger partial charge in [-0.3, -0.25) is 9.59 Å². The van der Waals surface area contributed by atoms with Crippen molar-refractivity contribution in [3.05, 3.63) is 22.6 Å². The van der Waals surface area contributed by atoms with Gasteiger partial charge in [0.15, 0.2) is 11.5 Å². The zero-order valence-electron chi connectivity index (χ0n) is 13.5. The predicted octanol–water partition coefficient (Wildman–Crippen LogP) is 2.27. The molecule has 120 valence electrons. The molecule has 2 aliphatic rings. The number of rotatable bonds is 2. The molecule has 0 bridgehead atoms. The van der Waals surface area contributed by atoms with Crippen molar-refractivity contribution in [2.45, 2.75) is 39.5 Å². The number of aryl methyl sites for hydroxylation is 1. The summed E-state index contributed by atoms with van der Waals surface area (Å²) >= 11 is 0. The first-order chi connectivity index (χ1) is 10.6. The maximum absolute atomic E-state index is 12.8. The van der Waals surface area contributed by atoms with Gasteiger partial charge in [-0.2, -0.15) is 0 Å². The fraction of sp³-hybridized carbons (Fsp3) is 0.647. The molecule has 3 rings (SSSR count). The number of Topliss-reactive ketones (excluding diaryl/α,β-unsaturated/α-hetero) is 1. The van der Waals surface area contributed by atoms with Crippen molar-refractivity contribution in [2.75, 3.05) is 32.7 Å². The number of hydrogen-bond donors (Lipinski definition) is 0. The monoisotopic (exact) mass is 304 g/mol. The van der Waals surface area contributed by atoms with Crippen LogP contribution in [-0.4, -0.2) is 54.2 Å². The smallest absolute Gasteiger partial charge is 0.289 e. The highest BCUT2D eigenvalue weighted by atomic mass is 16.4. The number of amides is 1. The third kappa shape index (κ3) is 2.70. The Bertz CT molecular complexity index is 591. The summed E-state index contributed by atoms with van der Waals surface area (Å²) in [6, 6.07) is 0. The third-order valence-electron chi connectivity index (χ3n) is 4.82. The molecule has 1 aliphatic carbocycles. The molecule has 2 heterocycles. The van der Waals surface area contributed by atoms with Crippen molar-refractivity contribution in [1.82, 2.24) is 9.80 Å². The van der Waals surface area contributed by atoms with E-state index in [0.717, 1.165) is 57.5 Å². The van der Waals surface area contributed by atoms with Crippen LogP contribution in [0.5, 0.6) is 0 Å². The quantitative estimate of drug-likeness (QED) is 0.841. The van der Waals surface area contributed by atoms with Gasteiger partial charge in [-0.15, -0.1) is 0 Å². The van der Waals surface area contributed by atoms with Gasteiger partial charge in [0.25, 0.3) is 5.91 Å². The molecular weight excluding hydrogens is 280 g/mol. The Morgan fingerprint density at radius 1 is 1.14 bits per heavy atom. The highest BCUT2D eigenvalue weighted by Crippen LogP contribution is 2.30. The lowest BCUT2D eigenvalue weighted by atomic mass is 9.94. The molecule has 0 N–H and O–H groups in total. The van der Waals surface area contributed by atoms with Gasteiger partial charge >= 0.3 is 0 Å². The third-order valence-corrected chi connectivity index (χ3v) is 4.82. The molecule has 1 aromatic heterocycles. The summed E-state index contributed by atoms with van der Waals surface area (Å²) in [6.45, 7) is 8.43. The van der Waals surface area contributed by atoms with Crippen LogP contribution in [0.2, 0.25) is 0 Å². The molecule has 0 atom stereocenters. The van der Waals surface area contributed by atoms with Gasteiger partial charge in [0, 0.05) is 38.0 Å². The van der Waals surface area contributed by atoms with Gasteiger partial charge in [0.05, 0.1) is 5.56 Å². The number of furan rings is 1. The second-order valence-electron chi connectivity index (χ2n) is 6.21. The van der Waals surface area contributed by atoms with Crippen LogP contribution in [0.15, 0.2) is 4.42 Å². The van der Waals surface area contributed by atoms with Crippen LogP contribution in [-0.2, 0) is 6.42 Å². The van der Waals surface area contributed by atoms with Crippen molar-refractivity contribution in [3.63, 3.8) is 0 Å². The van der Waals surface area contributed by atoms with Gasteiger partial charge in [0.1, 0.15) is 5.76 Å². The number of hydrogen-bond acceptors (Lipinski definition) is 4. The number of carbonyl (C=O) groups excluding carboxylic acids is 2. The molecule has 1 fully saturated rings. The highest BCUT2D eigenvalue weighted by Gasteiger charge is 2.31. The number of likely N-dealkylation sites (N-methyl/N-ethyl adjacent to an activating group) is 1. The van der Waals surface area contributed by atoms with Crippen LogP contribution in [0.4, 0.5) is 0 Å². The van der Waals surface area contributed by atoms with Crippen molar-refractivity contribution >= 4 is 11.7 Å². The van der Waals surface area contributed by atoms with Gasteiger partial charge in [0.2, 0.25) is 0 Å². The normalized spacial score (nSPS) is 19.9. The van der Waals surface area contributed by atoms with Gasteiger partial charge in [-0.05, 0) is 32.9 Å². The Labute approximate surface area is 131 Å². The van der Waals surface area contributed by atoms with Crippen LogP contribution >= 0.6 is 0 Å². The van der Waals surface area contributed by atoms with Crippen molar-refractivity contribution in [2.24, 2.45) is 0 Å². The van der Waals surface area contributed by atoms with Gasteiger partial charge in [-0.25, -0.2) is 0 Å². The molecular formula is C17H24N2O3. The molecule has 1 saturated heterocycles. The summed E-state index contributed by atoms with van der Waals surface area (Å²) in [5.74, 6) is 1.15. The second-order valence-corrected chi connectivity index (χ2v) is 6.21. The van der Waals surface area contributed by atoms with Crippen molar-refractivity contribution < 1.29 is 14.0 Å². The van der Waals surface area contributed by atoms with Crippen molar-refractivity contribution in [1.29, 1.82) is 0 Å². The lowest BCUT2D eigenvalue weighted by Crippen LogP contribution is -2.35. The molecule has 0 radical (unpaired) electrons. The largest absolute Gasteiger partial charge is 0.455 e. The Balaban J connectivity index is 1.82. The standard InChI is InChI=1S/C17H24N2O3/c1-3-18-8-5-9-19(11-10-18)17(21)16-12(2)15-13(20)6-4-7-14(15)22-16/h3-11H2,1-2H3. The molecule has 5 heteroatoms. The summed E-state index contributed by atoms with van der Waals surface area (Å²) in [5.41, 5.74) is 1.40. The Morgan fingerprint density at radius 3 is 2.68 bits per heavy atom. The van der Waals surface area contributed by atoms with E-state index in [-0.39, 0.29) is 11.7 Å². The van der Waals surface area contributed by atoms with E-state index >= 15 is 0 Å². The molecule has 0 aromatic carbocycles. The van der Waals surface area contributed by atoms with E-state index in [0.29, 0.717) is 23.5 Å². The highest BCUT2D eigenvalue weighted by molar-refractivity contribution is 6.03. The van der Waals surface area contributed by atoms with Crippen LogP contribution < -0.4 is 0 Å². The lowest BCUT2D eigenvalue weighted by molar-refractivity contribution is 0.0726. The number of carbonyl (C=O) groups is 2. The van der Waals surface area contributed by atoms with Crippen LogP contribution in [0, 0.1) is 6.92 Å². The molecule has 5 nitrogen and oxygen atoms in total.